The fourth-order valence-corrected chi connectivity index (χ4v) is 0.879. The summed E-state index contributed by atoms with van der Waals surface area (Å²) in [5, 5.41) is 16.9. The molecule has 0 amide bonds. The molecule has 0 aliphatic rings. The van der Waals surface area contributed by atoms with Crippen LogP contribution in [0.1, 0.15) is 5.56 Å². The standard InChI is InChI=1S/C7H9BFNO3/c9-6-2-1-5(4-10)3-7(6)13-8(11)12/h1-3,11-12H,4,10H2. The summed E-state index contributed by atoms with van der Waals surface area (Å²) in [6.45, 7) is 0.234. The maximum Gasteiger partial charge on any atom is 0.707 e. The Labute approximate surface area is 74.9 Å². The summed E-state index contributed by atoms with van der Waals surface area (Å²) in [5.74, 6) is -0.886. The van der Waals surface area contributed by atoms with Gasteiger partial charge >= 0.3 is 7.32 Å². The molecule has 0 heterocycles. The molecule has 0 unspecified atom stereocenters. The first-order chi connectivity index (χ1) is 6.13. The molecule has 4 nitrogen and oxygen atoms in total. The van der Waals surface area contributed by atoms with Crippen molar-refractivity contribution in [2.45, 2.75) is 6.54 Å². The van der Waals surface area contributed by atoms with Gasteiger partial charge in [-0.15, -0.1) is 0 Å². The minimum atomic E-state index is -2.03. The molecule has 0 saturated carbocycles. The van der Waals surface area contributed by atoms with Gasteiger partial charge in [-0.3, -0.25) is 0 Å². The molecule has 0 fully saturated rings. The van der Waals surface area contributed by atoms with E-state index in [0.29, 0.717) is 5.56 Å². The molecule has 0 aromatic heterocycles. The molecule has 0 saturated heterocycles. The minimum absolute atomic E-state index is 0.224. The van der Waals surface area contributed by atoms with Crippen LogP contribution in [-0.4, -0.2) is 17.4 Å². The van der Waals surface area contributed by atoms with Gasteiger partial charge in [-0.25, -0.2) is 4.39 Å². The molecular formula is C7H9BFNO3. The van der Waals surface area contributed by atoms with Crippen molar-refractivity contribution in [3.63, 3.8) is 0 Å². The van der Waals surface area contributed by atoms with E-state index in [1.165, 1.54) is 12.1 Å². The van der Waals surface area contributed by atoms with Gasteiger partial charge in [0.1, 0.15) is 5.75 Å². The molecule has 0 aliphatic heterocycles. The van der Waals surface area contributed by atoms with E-state index in [1.54, 1.807) is 0 Å². The predicted molar refractivity (Wildman–Crippen MR) is 45.1 cm³/mol. The predicted octanol–water partition coefficient (Wildman–Crippen LogP) is -0.367. The van der Waals surface area contributed by atoms with Crippen molar-refractivity contribution in [3.8, 4) is 5.75 Å². The van der Waals surface area contributed by atoms with Gasteiger partial charge in [0.25, 0.3) is 0 Å². The summed E-state index contributed by atoms with van der Waals surface area (Å²) >= 11 is 0. The molecule has 70 valence electrons. The van der Waals surface area contributed by atoms with Crippen LogP contribution in [0.4, 0.5) is 4.39 Å². The number of benzene rings is 1. The van der Waals surface area contributed by atoms with Gasteiger partial charge in [-0.05, 0) is 17.7 Å². The van der Waals surface area contributed by atoms with Gasteiger partial charge in [0.2, 0.25) is 0 Å². The number of hydrogen-bond donors (Lipinski definition) is 3. The average Bonchev–Trinajstić information content (AvgIpc) is 2.08. The molecule has 0 radical (unpaired) electrons. The molecular weight excluding hydrogens is 176 g/mol. The number of rotatable bonds is 3. The molecule has 0 atom stereocenters. The second-order valence-corrected chi connectivity index (χ2v) is 2.41. The lowest BCUT2D eigenvalue weighted by Gasteiger charge is -2.06. The number of nitrogens with two attached hydrogens (primary N) is 1. The number of hydrogen-bond acceptors (Lipinski definition) is 4. The van der Waals surface area contributed by atoms with Crippen LogP contribution in [0.5, 0.6) is 5.75 Å². The molecule has 6 heteroatoms. The topological polar surface area (TPSA) is 75.7 Å². The minimum Gasteiger partial charge on any atom is -0.510 e. The lowest BCUT2D eigenvalue weighted by Crippen LogP contribution is -2.21. The Hall–Kier alpha value is -1.11. The van der Waals surface area contributed by atoms with E-state index in [0.717, 1.165) is 6.07 Å². The zero-order chi connectivity index (χ0) is 9.84. The van der Waals surface area contributed by atoms with E-state index in [4.69, 9.17) is 15.8 Å². The lowest BCUT2D eigenvalue weighted by molar-refractivity contribution is 0.281. The fraction of sp³-hybridized carbons (Fsp3) is 0.143. The van der Waals surface area contributed by atoms with Gasteiger partial charge in [0.15, 0.2) is 5.82 Å². The Morgan fingerprint density at radius 1 is 1.46 bits per heavy atom. The molecule has 1 aromatic rings. The maximum absolute atomic E-state index is 12.9. The van der Waals surface area contributed by atoms with Gasteiger partial charge in [0.05, 0.1) is 0 Å². The van der Waals surface area contributed by atoms with Gasteiger partial charge in [0, 0.05) is 6.54 Å². The molecule has 0 bridgehead atoms. The van der Waals surface area contributed by atoms with Crippen molar-refractivity contribution in [3.05, 3.63) is 29.6 Å². The van der Waals surface area contributed by atoms with E-state index in [1.807, 2.05) is 0 Å². The summed E-state index contributed by atoms with van der Waals surface area (Å²) in [5.41, 5.74) is 5.95. The highest BCUT2D eigenvalue weighted by Gasteiger charge is 2.14. The molecule has 0 aliphatic carbocycles. The van der Waals surface area contributed by atoms with Crippen molar-refractivity contribution in [1.29, 1.82) is 0 Å². The zero-order valence-electron chi connectivity index (χ0n) is 6.77. The van der Waals surface area contributed by atoms with Crippen molar-refractivity contribution in [1.82, 2.24) is 0 Å². The molecule has 0 spiro atoms. The number of halogens is 1. The first-order valence-electron chi connectivity index (χ1n) is 3.65. The monoisotopic (exact) mass is 185 g/mol. The van der Waals surface area contributed by atoms with Gasteiger partial charge in [-0.2, -0.15) is 0 Å². The molecule has 4 N–H and O–H groups in total. The Morgan fingerprint density at radius 3 is 2.69 bits per heavy atom. The van der Waals surface area contributed by atoms with Crippen molar-refractivity contribution < 1.29 is 19.1 Å². The largest absolute Gasteiger partial charge is 0.707 e. The molecule has 13 heavy (non-hydrogen) atoms. The Balaban J connectivity index is 2.90. The SMILES string of the molecule is NCc1ccc(F)c(OB(O)O)c1. The first kappa shape index (κ1) is 9.98. The van der Waals surface area contributed by atoms with Crippen LogP contribution in [0.2, 0.25) is 0 Å². The van der Waals surface area contributed by atoms with E-state index in [-0.39, 0.29) is 12.3 Å². The summed E-state index contributed by atoms with van der Waals surface area (Å²) in [6, 6.07) is 3.96. The van der Waals surface area contributed by atoms with E-state index < -0.39 is 13.1 Å². The van der Waals surface area contributed by atoms with Crippen molar-refractivity contribution in [2.75, 3.05) is 0 Å². The third-order valence-corrected chi connectivity index (χ3v) is 1.46. The summed E-state index contributed by atoms with van der Waals surface area (Å²) in [6.07, 6.45) is 0. The van der Waals surface area contributed by atoms with Crippen molar-refractivity contribution in [2.24, 2.45) is 5.73 Å². The third kappa shape index (κ3) is 2.69. The van der Waals surface area contributed by atoms with Gasteiger partial charge < -0.3 is 20.4 Å². The lowest BCUT2D eigenvalue weighted by atomic mass is 10.2. The van der Waals surface area contributed by atoms with Crippen LogP contribution in [0.3, 0.4) is 0 Å². The van der Waals surface area contributed by atoms with Crippen LogP contribution >= 0.6 is 0 Å². The summed E-state index contributed by atoms with van der Waals surface area (Å²) in [7, 11) is -2.03. The maximum atomic E-state index is 12.9. The van der Waals surface area contributed by atoms with Gasteiger partial charge in [-0.1, -0.05) is 6.07 Å². The third-order valence-electron chi connectivity index (χ3n) is 1.46. The highest BCUT2D eigenvalue weighted by molar-refractivity contribution is 6.33. The Bertz CT molecular complexity index is 295. The first-order valence-corrected chi connectivity index (χ1v) is 3.65. The quantitative estimate of drug-likeness (QED) is 0.561. The van der Waals surface area contributed by atoms with Crippen LogP contribution in [0.25, 0.3) is 0 Å². The van der Waals surface area contributed by atoms with Crippen molar-refractivity contribution >= 4 is 7.32 Å². The smallest absolute Gasteiger partial charge is 0.510 e. The van der Waals surface area contributed by atoms with Crippen LogP contribution < -0.4 is 10.4 Å². The highest BCUT2D eigenvalue weighted by Crippen LogP contribution is 2.18. The Kier molecular flexibility index (Phi) is 3.24. The van der Waals surface area contributed by atoms with Crippen LogP contribution in [-0.2, 0) is 6.54 Å². The Morgan fingerprint density at radius 2 is 2.15 bits per heavy atom. The van der Waals surface area contributed by atoms with Crippen LogP contribution in [0, 0.1) is 5.82 Å². The second-order valence-electron chi connectivity index (χ2n) is 2.41. The van der Waals surface area contributed by atoms with E-state index >= 15 is 0 Å². The molecule has 1 aromatic carbocycles. The van der Waals surface area contributed by atoms with Crippen LogP contribution in [0.15, 0.2) is 18.2 Å². The zero-order valence-corrected chi connectivity index (χ0v) is 6.77. The normalized spacial score (nSPS) is 9.85. The molecule has 1 rings (SSSR count). The average molecular weight is 185 g/mol. The summed E-state index contributed by atoms with van der Waals surface area (Å²) in [4.78, 5) is 0. The highest BCUT2D eigenvalue weighted by atomic mass is 19.1. The summed E-state index contributed by atoms with van der Waals surface area (Å²) < 4.78 is 17.2. The second kappa shape index (κ2) is 4.22. The van der Waals surface area contributed by atoms with E-state index in [2.05, 4.69) is 4.65 Å². The fourth-order valence-electron chi connectivity index (χ4n) is 0.879. The van der Waals surface area contributed by atoms with E-state index in [9.17, 15) is 4.39 Å².